The minimum Gasteiger partial charge on any atom is -0.319 e. The first-order valence-electron chi connectivity index (χ1n) is 5.63. The van der Waals surface area contributed by atoms with Gasteiger partial charge in [0.2, 0.25) is 0 Å². The highest BCUT2D eigenvalue weighted by Gasteiger charge is 2.43. The number of fused-ring (bicyclic) bond motifs is 1. The number of benzene rings is 1. The van der Waals surface area contributed by atoms with Gasteiger partial charge in [-0.15, -0.1) is 0 Å². The normalized spacial score (nSPS) is 17.7. The first kappa shape index (κ1) is 9.73. The minimum atomic E-state index is -0.249. The second-order valence-corrected chi connectivity index (χ2v) is 4.76. The highest BCUT2D eigenvalue weighted by molar-refractivity contribution is 5.83. The molecule has 3 nitrogen and oxygen atoms in total. The van der Waals surface area contributed by atoms with E-state index in [0.29, 0.717) is 0 Å². The van der Waals surface area contributed by atoms with Gasteiger partial charge in [-0.05, 0) is 32.3 Å². The third kappa shape index (κ3) is 1.32. The Kier molecular flexibility index (Phi) is 1.83. The van der Waals surface area contributed by atoms with Gasteiger partial charge >= 0.3 is 0 Å². The topological polar surface area (TPSA) is 51.8 Å². The van der Waals surface area contributed by atoms with Crippen molar-refractivity contribution < 1.29 is 0 Å². The fraction of sp³-hybridized carbons (Fsp3) is 0.385. The molecule has 2 aromatic rings. The maximum absolute atomic E-state index is 6.15. The van der Waals surface area contributed by atoms with E-state index in [-0.39, 0.29) is 5.54 Å². The minimum absolute atomic E-state index is 0.249. The van der Waals surface area contributed by atoms with E-state index in [2.05, 4.69) is 29.0 Å². The van der Waals surface area contributed by atoms with Gasteiger partial charge in [-0.3, -0.25) is 0 Å². The van der Waals surface area contributed by atoms with Crippen molar-refractivity contribution >= 4 is 10.9 Å². The molecule has 2 N–H and O–H groups in total. The van der Waals surface area contributed by atoms with Crippen LogP contribution in [0.25, 0.3) is 10.9 Å². The molecular weight excluding hydrogens is 198 g/mol. The molecular formula is C13H15N3. The number of hydrogen-bond donors (Lipinski definition) is 1. The van der Waals surface area contributed by atoms with E-state index in [4.69, 9.17) is 5.73 Å². The Morgan fingerprint density at radius 2 is 1.94 bits per heavy atom. The average Bonchev–Trinajstić information content (AvgIpc) is 2.99. The second-order valence-electron chi connectivity index (χ2n) is 4.76. The van der Waals surface area contributed by atoms with Crippen molar-refractivity contribution in [3.05, 3.63) is 35.3 Å². The molecule has 0 unspecified atom stereocenters. The molecule has 0 radical (unpaired) electrons. The Morgan fingerprint density at radius 1 is 1.19 bits per heavy atom. The van der Waals surface area contributed by atoms with Crippen LogP contribution in [0.5, 0.6) is 0 Å². The molecule has 0 spiro atoms. The van der Waals surface area contributed by atoms with E-state index in [1.807, 2.05) is 13.0 Å². The summed E-state index contributed by atoms with van der Waals surface area (Å²) in [6, 6.07) is 6.19. The summed E-state index contributed by atoms with van der Waals surface area (Å²) in [5.74, 6) is 0.812. The molecule has 0 atom stereocenters. The third-order valence-electron chi connectivity index (χ3n) is 3.35. The first-order valence-corrected chi connectivity index (χ1v) is 5.63. The summed E-state index contributed by atoms with van der Waals surface area (Å²) in [5.41, 5.74) is 9.16. The number of nitrogens with zero attached hydrogens (tertiary/aromatic N) is 2. The first-order chi connectivity index (χ1) is 7.60. The van der Waals surface area contributed by atoms with Crippen LogP contribution < -0.4 is 5.73 Å². The van der Waals surface area contributed by atoms with Gasteiger partial charge in [0.1, 0.15) is 5.82 Å². The van der Waals surface area contributed by atoms with Gasteiger partial charge in [0.25, 0.3) is 0 Å². The van der Waals surface area contributed by atoms with Gasteiger partial charge < -0.3 is 5.73 Å². The highest BCUT2D eigenvalue weighted by atomic mass is 15.0. The summed E-state index contributed by atoms with van der Waals surface area (Å²) in [6.07, 6.45) is 2.01. The summed E-state index contributed by atoms with van der Waals surface area (Å²) in [7, 11) is 0. The van der Waals surface area contributed by atoms with Crippen LogP contribution in [0.15, 0.2) is 18.2 Å². The number of aromatic nitrogens is 2. The van der Waals surface area contributed by atoms with Crippen molar-refractivity contribution in [2.75, 3.05) is 0 Å². The van der Waals surface area contributed by atoms with Crippen LogP contribution in [0.4, 0.5) is 0 Å². The van der Waals surface area contributed by atoms with Gasteiger partial charge in [-0.25, -0.2) is 9.97 Å². The predicted molar refractivity (Wildman–Crippen MR) is 64.1 cm³/mol. The molecule has 1 aromatic carbocycles. The smallest absolute Gasteiger partial charge is 0.149 e. The van der Waals surface area contributed by atoms with Crippen LogP contribution in [0.3, 0.4) is 0 Å². The summed E-state index contributed by atoms with van der Waals surface area (Å²) in [4.78, 5) is 9.17. The SMILES string of the molecule is Cc1nc(C2(N)CC2)nc2c(C)cccc12. The molecule has 3 heteroatoms. The van der Waals surface area contributed by atoms with Crippen LogP contribution in [-0.2, 0) is 5.54 Å². The Labute approximate surface area is 94.7 Å². The molecule has 1 aliphatic carbocycles. The van der Waals surface area contributed by atoms with E-state index in [9.17, 15) is 0 Å². The summed E-state index contributed by atoms with van der Waals surface area (Å²) in [5, 5.41) is 1.13. The van der Waals surface area contributed by atoms with E-state index in [0.717, 1.165) is 35.3 Å². The zero-order valence-electron chi connectivity index (χ0n) is 9.62. The van der Waals surface area contributed by atoms with Gasteiger partial charge in [0, 0.05) is 11.1 Å². The van der Waals surface area contributed by atoms with Crippen molar-refractivity contribution in [1.29, 1.82) is 0 Å². The standard InChI is InChI=1S/C13H15N3/c1-8-4-3-5-10-9(2)15-12(16-11(8)10)13(14)6-7-13/h3-5H,6-7,14H2,1-2H3. The maximum Gasteiger partial charge on any atom is 0.149 e. The molecule has 82 valence electrons. The number of hydrogen-bond acceptors (Lipinski definition) is 3. The Balaban J connectivity index is 2.32. The number of para-hydroxylation sites is 1. The molecule has 0 amide bonds. The quantitative estimate of drug-likeness (QED) is 0.790. The summed E-state index contributed by atoms with van der Waals surface area (Å²) in [6.45, 7) is 4.10. The molecule has 1 heterocycles. The van der Waals surface area contributed by atoms with Crippen molar-refractivity contribution in [3.8, 4) is 0 Å². The zero-order valence-corrected chi connectivity index (χ0v) is 9.62. The van der Waals surface area contributed by atoms with Crippen molar-refractivity contribution in [2.45, 2.75) is 32.2 Å². The number of aryl methyl sites for hydroxylation is 2. The van der Waals surface area contributed by atoms with Gasteiger partial charge in [0.05, 0.1) is 11.1 Å². The molecule has 1 saturated carbocycles. The molecule has 0 saturated heterocycles. The molecule has 1 fully saturated rings. The van der Waals surface area contributed by atoms with Crippen molar-refractivity contribution in [1.82, 2.24) is 9.97 Å². The lowest BCUT2D eigenvalue weighted by Crippen LogP contribution is -2.22. The van der Waals surface area contributed by atoms with Crippen LogP contribution in [0.1, 0.15) is 29.9 Å². The largest absolute Gasteiger partial charge is 0.319 e. The molecule has 16 heavy (non-hydrogen) atoms. The molecule has 1 aliphatic rings. The molecule has 0 aliphatic heterocycles. The second kappa shape index (κ2) is 3.01. The predicted octanol–water partition coefficient (Wildman–Crippen LogP) is 2.19. The average molecular weight is 213 g/mol. The van der Waals surface area contributed by atoms with Gasteiger partial charge in [-0.1, -0.05) is 18.2 Å². The molecule has 3 rings (SSSR count). The lowest BCUT2D eigenvalue weighted by Gasteiger charge is -2.11. The Bertz CT molecular complexity index is 571. The zero-order chi connectivity index (χ0) is 11.3. The molecule has 0 bridgehead atoms. The maximum atomic E-state index is 6.15. The van der Waals surface area contributed by atoms with Crippen LogP contribution in [0.2, 0.25) is 0 Å². The van der Waals surface area contributed by atoms with Gasteiger partial charge in [-0.2, -0.15) is 0 Å². The van der Waals surface area contributed by atoms with E-state index >= 15 is 0 Å². The van der Waals surface area contributed by atoms with E-state index in [1.54, 1.807) is 0 Å². The Hall–Kier alpha value is -1.48. The fourth-order valence-corrected chi connectivity index (χ4v) is 2.03. The van der Waals surface area contributed by atoms with E-state index < -0.39 is 0 Å². The van der Waals surface area contributed by atoms with Gasteiger partial charge in [0.15, 0.2) is 0 Å². The van der Waals surface area contributed by atoms with Crippen LogP contribution in [-0.4, -0.2) is 9.97 Å². The highest BCUT2D eigenvalue weighted by Crippen LogP contribution is 2.41. The van der Waals surface area contributed by atoms with E-state index in [1.165, 1.54) is 5.56 Å². The lowest BCUT2D eigenvalue weighted by molar-refractivity contribution is 0.673. The van der Waals surface area contributed by atoms with Crippen molar-refractivity contribution in [3.63, 3.8) is 0 Å². The lowest BCUT2D eigenvalue weighted by atomic mass is 10.1. The summed E-state index contributed by atoms with van der Waals surface area (Å²) >= 11 is 0. The third-order valence-corrected chi connectivity index (χ3v) is 3.35. The van der Waals surface area contributed by atoms with Crippen LogP contribution in [0, 0.1) is 13.8 Å². The number of nitrogens with two attached hydrogens (primary N) is 1. The fourth-order valence-electron chi connectivity index (χ4n) is 2.03. The summed E-state index contributed by atoms with van der Waals surface area (Å²) < 4.78 is 0. The Morgan fingerprint density at radius 3 is 2.62 bits per heavy atom. The van der Waals surface area contributed by atoms with Crippen LogP contribution >= 0.6 is 0 Å². The monoisotopic (exact) mass is 213 g/mol. The van der Waals surface area contributed by atoms with Crippen molar-refractivity contribution in [2.24, 2.45) is 5.73 Å². The number of rotatable bonds is 1. The molecule has 1 aromatic heterocycles.